The maximum atomic E-state index is 12.7. The second-order valence-electron chi connectivity index (χ2n) is 8.58. The molecule has 7 heteroatoms. The fourth-order valence-electron chi connectivity index (χ4n) is 4.24. The number of ether oxygens (including phenoxy) is 1. The second-order valence-corrected chi connectivity index (χ2v) is 9.68. The predicted octanol–water partition coefficient (Wildman–Crippen LogP) is 0.528. The number of nitrogens with one attached hydrogen (secondary N) is 3. The van der Waals surface area contributed by atoms with Crippen LogP contribution in [0.1, 0.15) is 61.3 Å². The Labute approximate surface area is 172 Å². The van der Waals surface area contributed by atoms with Gasteiger partial charge in [-0.3, -0.25) is 4.79 Å². The molecular formula is C21H35N3O3S+2. The minimum atomic E-state index is -0.303. The number of anilines is 1. The molecular weight excluding hydrogens is 374 g/mol. The minimum absolute atomic E-state index is 0.00163. The van der Waals surface area contributed by atoms with Crippen LogP contribution in [-0.2, 0) is 22.5 Å². The SMILES string of the molecule is CCOC(=O)c1c(NC(=O)C[NH+]2CCC(C)CC2)sc2c1CC[NH+](C(C)C)C2. The van der Waals surface area contributed by atoms with E-state index in [0.29, 0.717) is 29.8 Å². The molecule has 3 N–H and O–H groups in total. The summed E-state index contributed by atoms with van der Waals surface area (Å²) in [6, 6.07) is 0.546. The van der Waals surface area contributed by atoms with Crippen molar-refractivity contribution in [3.63, 3.8) is 0 Å². The van der Waals surface area contributed by atoms with Gasteiger partial charge in [0.15, 0.2) is 6.54 Å². The molecule has 0 aromatic carbocycles. The molecule has 3 heterocycles. The smallest absolute Gasteiger partial charge is 0.341 e. The summed E-state index contributed by atoms with van der Waals surface area (Å²) in [5.41, 5.74) is 1.68. The third-order valence-corrected chi connectivity index (χ3v) is 7.26. The number of likely N-dealkylation sites (tertiary alicyclic amines) is 1. The van der Waals surface area contributed by atoms with Crippen molar-refractivity contribution in [2.75, 3.05) is 38.1 Å². The molecule has 1 atom stereocenters. The highest BCUT2D eigenvalue weighted by molar-refractivity contribution is 7.17. The van der Waals surface area contributed by atoms with Crippen molar-refractivity contribution in [1.29, 1.82) is 0 Å². The summed E-state index contributed by atoms with van der Waals surface area (Å²) < 4.78 is 5.32. The average molecular weight is 410 g/mol. The predicted molar refractivity (Wildman–Crippen MR) is 111 cm³/mol. The molecule has 0 saturated carbocycles. The zero-order chi connectivity index (χ0) is 20.3. The van der Waals surface area contributed by atoms with Crippen LogP contribution in [0.4, 0.5) is 5.00 Å². The number of piperidine rings is 1. The van der Waals surface area contributed by atoms with E-state index in [2.05, 4.69) is 26.1 Å². The molecule has 28 heavy (non-hydrogen) atoms. The highest BCUT2D eigenvalue weighted by Gasteiger charge is 2.32. The molecule has 1 aromatic heterocycles. The van der Waals surface area contributed by atoms with E-state index in [4.69, 9.17) is 4.74 Å². The van der Waals surface area contributed by atoms with E-state index < -0.39 is 0 Å². The third kappa shape index (κ3) is 4.93. The maximum Gasteiger partial charge on any atom is 0.341 e. The Morgan fingerprint density at radius 1 is 1.25 bits per heavy atom. The summed E-state index contributed by atoms with van der Waals surface area (Å²) in [6.45, 7) is 13.4. The van der Waals surface area contributed by atoms with Gasteiger partial charge in [-0.1, -0.05) is 6.92 Å². The molecule has 1 saturated heterocycles. The van der Waals surface area contributed by atoms with Crippen LogP contribution in [0.25, 0.3) is 0 Å². The Kier molecular flexibility index (Phi) is 7.12. The maximum absolute atomic E-state index is 12.7. The van der Waals surface area contributed by atoms with Crippen LogP contribution in [0.3, 0.4) is 0 Å². The minimum Gasteiger partial charge on any atom is -0.462 e. The Hall–Kier alpha value is -1.44. The van der Waals surface area contributed by atoms with Gasteiger partial charge < -0.3 is 19.9 Å². The Balaban J connectivity index is 1.75. The van der Waals surface area contributed by atoms with E-state index in [-0.39, 0.29) is 11.9 Å². The molecule has 0 aliphatic carbocycles. The first-order chi connectivity index (χ1) is 13.4. The van der Waals surface area contributed by atoms with Crippen molar-refractivity contribution >= 4 is 28.2 Å². The normalized spacial score (nSPS) is 24.7. The molecule has 156 valence electrons. The van der Waals surface area contributed by atoms with Crippen LogP contribution in [0.15, 0.2) is 0 Å². The van der Waals surface area contributed by atoms with Crippen LogP contribution in [0, 0.1) is 5.92 Å². The van der Waals surface area contributed by atoms with Gasteiger partial charge >= 0.3 is 5.97 Å². The van der Waals surface area contributed by atoms with Crippen molar-refractivity contribution in [3.05, 3.63) is 16.0 Å². The van der Waals surface area contributed by atoms with E-state index in [1.54, 1.807) is 11.3 Å². The van der Waals surface area contributed by atoms with Gasteiger partial charge in [-0.05, 0) is 45.1 Å². The molecule has 2 aliphatic heterocycles. The molecule has 3 rings (SSSR count). The first-order valence-electron chi connectivity index (χ1n) is 10.7. The van der Waals surface area contributed by atoms with Gasteiger partial charge in [-0.2, -0.15) is 0 Å². The molecule has 2 aliphatic rings. The lowest BCUT2D eigenvalue weighted by Gasteiger charge is -2.27. The zero-order valence-corrected chi connectivity index (χ0v) is 18.5. The lowest BCUT2D eigenvalue weighted by molar-refractivity contribution is -0.936. The van der Waals surface area contributed by atoms with Crippen LogP contribution >= 0.6 is 11.3 Å². The number of thiophene rings is 1. The molecule has 1 aromatic rings. The number of esters is 1. The summed E-state index contributed by atoms with van der Waals surface area (Å²) in [4.78, 5) is 29.4. The van der Waals surface area contributed by atoms with E-state index in [1.807, 2.05) is 6.92 Å². The topological polar surface area (TPSA) is 64.3 Å². The summed E-state index contributed by atoms with van der Waals surface area (Å²) in [5, 5.41) is 3.74. The zero-order valence-electron chi connectivity index (χ0n) is 17.7. The Morgan fingerprint density at radius 3 is 2.61 bits per heavy atom. The summed E-state index contributed by atoms with van der Waals surface area (Å²) >= 11 is 1.57. The van der Waals surface area contributed by atoms with Gasteiger partial charge in [0.2, 0.25) is 0 Å². The van der Waals surface area contributed by atoms with Crippen molar-refractivity contribution in [2.24, 2.45) is 5.92 Å². The van der Waals surface area contributed by atoms with Crippen LogP contribution in [0.2, 0.25) is 0 Å². The van der Waals surface area contributed by atoms with Crippen LogP contribution in [-0.4, -0.2) is 50.7 Å². The van der Waals surface area contributed by atoms with Crippen molar-refractivity contribution in [1.82, 2.24) is 0 Å². The van der Waals surface area contributed by atoms with Crippen LogP contribution < -0.4 is 15.1 Å². The molecule has 6 nitrogen and oxygen atoms in total. The van der Waals surface area contributed by atoms with Gasteiger partial charge in [0, 0.05) is 6.42 Å². The quantitative estimate of drug-likeness (QED) is 0.601. The number of quaternary nitrogens is 2. The summed E-state index contributed by atoms with van der Waals surface area (Å²) in [7, 11) is 0. The number of carbonyl (C=O) groups is 2. The lowest BCUT2D eigenvalue weighted by Crippen LogP contribution is -3.14. The summed E-state index contributed by atoms with van der Waals surface area (Å²) in [6.07, 6.45) is 3.22. The molecule has 1 amide bonds. The fraction of sp³-hybridized carbons (Fsp3) is 0.714. The third-order valence-electron chi connectivity index (χ3n) is 6.12. The van der Waals surface area contributed by atoms with Gasteiger partial charge in [0.05, 0.1) is 42.7 Å². The van der Waals surface area contributed by atoms with Crippen molar-refractivity contribution < 1.29 is 24.1 Å². The number of fused-ring (bicyclic) bond motifs is 1. The van der Waals surface area contributed by atoms with Gasteiger partial charge in [-0.15, -0.1) is 11.3 Å². The summed E-state index contributed by atoms with van der Waals surface area (Å²) in [5.74, 6) is 0.460. The number of amides is 1. The fourth-order valence-corrected chi connectivity index (χ4v) is 5.55. The molecule has 1 fully saturated rings. The Bertz CT molecular complexity index is 708. The van der Waals surface area contributed by atoms with E-state index >= 15 is 0 Å². The standard InChI is InChI=1S/C21H33N3O3S/c1-5-27-21(26)19-16-8-11-24(14(2)3)12-17(16)28-20(19)22-18(25)13-23-9-6-15(4)7-10-23/h14-15H,5-13H2,1-4H3,(H,22,25)/p+2. The van der Waals surface area contributed by atoms with E-state index in [1.165, 1.54) is 27.5 Å². The van der Waals surface area contributed by atoms with Crippen LogP contribution in [0.5, 0.6) is 0 Å². The monoisotopic (exact) mass is 409 g/mol. The number of rotatable bonds is 6. The number of carbonyl (C=O) groups excluding carboxylic acids is 2. The molecule has 0 spiro atoms. The van der Waals surface area contributed by atoms with Gasteiger partial charge in [-0.25, -0.2) is 4.79 Å². The van der Waals surface area contributed by atoms with Gasteiger partial charge in [0.25, 0.3) is 5.91 Å². The van der Waals surface area contributed by atoms with E-state index in [0.717, 1.165) is 44.1 Å². The second kappa shape index (κ2) is 9.37. The lowest BCUT2D eigenvalue weighted by atomic mass is 9.99. The van der Waals surface area contributed by atoms with Crippen molar-refractivity contribution in [2.45, 2.75) is 59.5 Å². The first kappa shape index (κ1) is 21.3. The highest BCUT2D eigenvalue weighted by Crippen LogP contribution is 2.35. The average Bonchev–Trinajstić information content (AvgIpc) is 3.00. The number of hydrogen-bond acceptors (Lipinski definition) is 4. The Morgan fingerprint density at radius 2 is 1.96 bits per heavy atom. The molecule has 0 radical (unpaired) electrons. The van der Waals surface area contributed by atoms with Crippen molar-refractivity contribution in [3.8, 4) is 0 Å². The van der Waals surface area contributed by atoms with Gasteiger partial charge in [0.1, 0.15) is 11.5 Å². The molecule has 1 unspecified atom stereocenters. The first-order valence-corrected chi connectivity index (χ1v) is 11.5. The van der Waals surface area contributed by atoms with E-state index in [9.17, 15) is 9.59 Å². The highest BCUT2D eigenvalue weighted by atomic mass is 32.1. The largest absolute Gasteiger partial charge is 0.462 e. The number of hydrogen-bond donors (Lipinski definition) is 3. The molecule has 0 bridgehead atoms.